The van der Waals surface area contributed by atoms with Crippen LogP contribution in [0, 0.1) is 5.92 Å². The number of benzene rings is 2. The second-order valence-electron chi connectivity index (χ2n) is 6.63. The van der Waals surface area contributed by atoms with Crippen molar-refractivity contribution in [3.63, 3.8) is 0 Å². The highest BCUT2D eigenvalue weighted by atomic mass is 79.9. The van der Waals surface area contributed by atoms with E-state index in [0.717, 1.165) is 23.2 Å². The second-order valence-corrected chi connectivity index (χ2v) is 7.55. The molecule has 0 unspecified atom stereocenters. The first-order valence-electron chi connectivity index (χ1n) is 8.67. The Bertz CT molecular complexity index is 637. The normalized spacial score (nSPS) is 11.8. The number of ether oxygens (including phenoxy) is 1. The van der Waals surface area contributed by atoms with Crippen molar-refractivity contribution < 1.29 is 4.74 Å². The molecule has 0 spiro atoms. The maximum Gasteiger partial charge on any atom is 0.119 e. The Kier molecular flexibility index (Phi) is 7.58. The van der Waals surface area contributed by atoms with E-state index in [1.54, 1.807) is 0 Å². The summed E-state index contributed by atoms with van der Waals surface area (Å²) in [5.74, 6) is 1.65. The average Bonchev–Trinajstić information content (AvgIpc) is 2.56. The van der Waals surface area contributed by atoms with Crippen LogP contribution in [0.1, 0.15) is 40.0 Å². The number of hydrogen-bond acceptors (Lipinski definition) is 1. The molecule has 128 valence electrons. The van der Waals surface area contributed by atoms with Gasteiger partial charge in [0, 0.05) is 4.47 Å². The van der Waals surface area contributed by atoms with Gasteiger partial charge in [-0.1, -0.05) is 58.8 Å². The van der Waals surface area contributed by atoms with Crippen molar-refractivity contribution in [1.29, 1.82) is 0 Å². The molecule has 0 saturated carbocycles. The molecule has 0 aliphatic carbocycles. The van der Waals surface area contributed by atoms with E-state index >= 15 is 0 Å². The maximum atomic E-state index is 5.89. The zero-order valence-corrected chi connectivity index (χ0v) is 16.5. The minimum Gasteiger partial charge on any atom is -0.494 e. The van der Waals surface area contributed by atoms with Crippen molar-refractivity contribution in [3.8, 4) is 16.9 Å². The zero-order valence-electron chi connectivity index (χ0n) is 14.9. The van der Waals surface area contributed by atoms with Crippen LogP contribution < -0.4 is 4.74 Å². The van der Waals surface area contributed by atoms with Gasteiger partial charge in [-0.3, -0.25) is 0 Å². The number of rotatable bonds is 8. The molecule has 0 aliphatic heterocycles. The van der Waals surface area contributed by atoms with Crippen molar-refractivity contribution >= 4 is 15.9 Å². The summed E-state index contributed by atoms with van der Waals surface area (Å²) in [6.45, 7) is 7.41. The number of allylic oxidation sites excluding steroid dienone is 2. The van der Waals surface area contributed by atoms with Gasteiger partial charge in [0.25, 0.3) is 0 Å². The Labute approximate surface area is 154 Å². The van der Waals surface area contributed by atoms with Gasteiger partial charge in [-0.25, -0.2) is 0 Å². The van der Waals surface area contributed by atoms with Crippen LogP contribution >= 0.6 is 15.9 Å². The lowest BCUT2D eigenvalue weighted by Crippen LogP contribution is -2.04. The lowest BCUT2D eigenvalue weighted by Gasteiger charge is -2.12. The maximum absolute atomic E-state index is 5.89. The van der Waals surface area contributed by atoms with Crippen LogP contribution in [0.4, 0.5) is 0 Å². The quantitative estimate of drug-likeness (QED) is 0.433. The molecule has 0 fully saturated rings. The molecule has 0 bridgehead atoms. The number of halogens is 1. The lowest BCUT2D eigenvalue weighted by atomic mass is 10.0. The van der Waals surface area contributed by atoms with Gasteiger partial charge >= 0.3 is 0 Å². The van der Waals surface area contributed by atoms with Crippen LogP contribution in [-0.4, -0.2) is 6.61 Å². The molecular formula is C22H27BrO. The summed E-state index contributed by atoms with van der Waals surface area (Å²) in [7, 11) is 0. The Balaban J connectivity index is 1.77. The molecule has 0 aromatic heterocycles. The fraction of sp³-hybridized carbons (Fsp3) is 0.364. The van der Waals surface area contributed by atoms with Crippen LogP contribution in [0.25, 0.3) is 11.1 Å². The minimum absolute atomic E-state index is 0.697. The third-order valence-electron chi connectivity index (χ3n) is 4.12. The zero-order chi connectivity index (χ0) is 17.4. The number of hydrogen-bond donors (Lipinski definition) is 0. The summed E-state index contributed by atoms with van der Waals surface area (Å²) >= 11 is 3.47. The van der Waals surface area contributed by atoms with E-state index in [1.165, 1.54) is 29.5 Å². The Morgan fingerprint density at radius 1 is 0.958 bits per heavy atom. The van der Waals surface area contributed by atoms with Gasteiger partial charge in [0.05, 0.1) is 6.61 Å². The summed E-state index contributed by atoms with van der Waals surface area (Å²) in [4.78, 5) is 0. The first kappa shape index (κ1) is 18.8. The van der Waals surface area contributed by atoms with Gasteiger partial charge in [0.1, 0.15) is 5.75 Å². The van der Waals surface area contributed by atoms with Crippen molar-refractivity contribution in [2.45, 2.75) is 40.0 Å². The van der Waals surface area contributed by atoms with E-state index < -0.39 is 0 Å². The molecule has 1 nitrogen and oxygen atoms in total. The van der Waals surface area contributed by atoms with Gasteiger partial charge in [-0.15, -0.1) is 0 Å². The Hall–Kier alpha value is -1.54. The van der Waals surface area contributed by atoms with Gasteiger partial charge in [0.15, 0.2) is 0 Å². The molecule has 0 aliphatic rings. The largest absolute Gasteiger partial charge is 0.494 e. The molecule has 0 amide bonds. The first-order chi connectivity index (χ1) is 11.5. The topological polar surface area (TPSA) is 9.23 Å². The van der Waals surface area contributed by atoms with Gasteiger partial charge in [-0.05, 0) is 74.4 Å². The fourth-order valence-corrected chi connectivity index (χ4v) is 2.83. The Morgan fingerprint density at radius 2 is 1.54 bits per heavy atom. The smallest absolute Gasteiger partial charge is 0.119 e. The van der Waals surface area contributed by atoms with E-state index in [1.807, 2.05) is 0 Å². The standard InChI is InChI=1S/C22H27BrO/c1-17(2)5-4-6-18(3)15-16-24-22-13-9-20(10-14-22)19-7-11-21(23)12-8-19/h5,7-14,18H,4,6,15-16H2,1-3H3/t18-/m0/s1. The van der Waals surface area contributed by atoms with E-state index in [2.05, 4.69) is 91.3 Å². The fourth-order valence-electron chi connectivity index (χ4n) is 2.56. The monoisotopic (exact) mass is 386 g/mol. The predicted octanol–water partition coefficient (Wildman–Crippen LogP) is 7.27. The van der Waals surface area contributed by atoms with Crippen LogP contribution in [-0.2, 0) is 0 Å². The van der Waals surface area contributed by atoms with Gasteiger partial charge in [0.2, 0.25) is 0 Å². The van der Waals surface area contributed by atoms with Crippen molar-refractivity contribution in [1.82, 2.24) is 0 Å². The summed E-state index contributed by atoms with van der Waals surface area (Å²) in [6, 6.07) is 16.7. The molecule has 2 heteroatoms. The van der Waals surface area contributed by atoms with E-state index in [-0.39, 0.29) is 0 Å². The van der Waals surface area contributed by atoms with Crippen molar-refractivity contribution in [2.24, 2.45) is 5.92 Å². The van der Waals surface area contributed by atoms with E-state index in [9.17, 15) is 0 Å². The van der Waals surface area contributed by atoms with Crippen LogP contribution in [0.3, 0.4) is 0 Å². The molecule has 0 N–H and O–H groups in total. The molecular weight excluding hydrogens is 360 g/mol. The summed E-state index contributed by atoms with van der Waals surface area (Å²) in [6.07, 6.45) is 5.83. The second kappa shape index (κ2) is 9.68. The molecule has 0 saturated heterocycles. The predicted molar refractivity (Wildman–Crippen MR) is 108 cm³/mol. The summed E-state index contributed by atoms with van der Waals surface area (Å²) in [5.41, 5.74) is 3.84. The first-order valence-corrected chi connectivity index (χ1v) is 9.46. The highest BCUT2D eigenvalue weighted by Crippen LogP contribution is 2.24. The highest BCUT2D eigenvalue weighted by molar-refractivity contribution is 9.10. The molecule has 0 radical (unpaired) electrons. The minimum atomic E-state index is 0.697. The van der Waals surface area contributed by atoms with Crippen LogP contribution in [0.2, 0.25) is 0 Å². The van der Waals surface area contributed by atoms with Crippen LogP contribution in [0.5, 0.6) is 5.75 Å². The van der Waals surface area contributed by atoms with E-state index in [0.29, 0.717) is 5.92 Å². The molecule has 1 atom stereocenters. The highest BCUT2D eigenvalue weighted by Gasteiger charge is 2.03. The average molecular weight is 387 g/mol. The Morgan fingerprint density at radius 3 is 2.12 bits per heavy atom. The summed E-state index contributed by atoms with van der Waals surface area (Å²) < 4.78 is 6.99. The third-order valence-corrected chi connectivity index (χ3v) is 4.65. The van der Waals surface area contributed by atoms with Crippen molar-refractivity contribution in [3.05, 3.63) is 64.7 Å². The molecule has 0 heterocycles. The van der Waals surface area contributed by atoms with Crippen LogP contribution in [0.15, 0.2) is 64.7 Å². The van der Waals surface area contributed by atoms with E-state index in [4.69, 9.17) is 4.74 Å². The van der Waals surface area contributed by atoms with Gasteiger partial charge < -0.3 is 4.74 Å². The summed E-state index contributed by atoms with van der Waals surface area (Å²) in [5, 5.41) is 0. The van der Waals surface area contributed by atoms with Crippen molar-refractivity contribution in [2.75, 3.05) is 6.61 Å². The molecule has 2 aromatic carbocycles. The molecule has 24 heavy (non-hydrogen) atoms. The SMILES string of the molecule is CC(C)=CCC[C@H](C)CCOc1ccc(-c2ccc(Br)cc2)cc1. The van der Waals surface area contributed by atoms with Gasteiger partial charge in [-0.2, -0.15) is 0 Å². The lowest BCUT2D eigenvalue weighted by molar-refractivity contribution is 0.279. The molecule has 2 rings (SSSR count). The molecule has 2 aromatic rings. The third kappa shape index (κ3) is 6.52.